The Labute approximate surface area is 143 Å². The lowest BCUT2D eigenvalue weighted by atomic mass is 10.2. The molecule has 0 atom stereocenters. The lowest BCUT2D eigenvalue weighted by Gasteiger charge is -2.06. The van der Waals surface area contributed by atoms with Crippen molar-refractivity contribution < 1.29 is 0 Å². The molecule has 0 fully saturated rings. The summed E-state index contributed by atoms with van der Waals surface area (Å²) in [7, 11) is 0. The van der Waals surface area contributed by atoms with Crippen LogP contribution >= 0.6 is 11.8 Å². The molecule has 3 aromatic heterocycles. The first-order chi connectivity index (χ1) is 11.7. The number of aromatic nitrogens is 6. The summed E-state index contributed by atoms with van der Waals surface area (Å²) in [5.41, 5.74) is 5.30. The molecule has 0 amide bonds. The standard InChI is InChI=1S/C17H16N6S/c1-12-6-3-4-8-15(12)23-17(19-20-21-23)24-11-14-10-22-9-5-7-13(2)16(22)18-14/h3-10H,11H2,1-2H3. The number of pyridine rings is 1. The highest BCUT2D eigenvalue weighted by atomic mass is 32.2. The number of hydrogen-bond acceptors (Lipinski definition) is 5. The van der Waals surface area contributed by atoms with E-state index in [1.165, 1.54) is 5.56 Å². The zero-order valence-electron chi connectivity index (χ0n) is 13.4. The van der Waals surface area contributed by atoms with Gasteiger partial charge in [0.25, 0.3) is 0 Å². The summed E-state index contributed by atoms with van der Waals surface area (Å²) in [6.45, 7) is 4.12. The van der Waals surface area contributed by atoms with Gasteiger partial charge in [-0.05, 0) is 47.5 Å². The van der Waals surface area contributed by atoms with Crippen molar-refractivity contribution in [2.75, 3.05) is 0 Å². The van der Waals surface area contributed by atoms with Crippen LogP contribution in [-0.4, -0.2) is 29.6 Å². The molecule has 3 heterocycles. The van der Waals surface area contributed by atoms with Gasteiger partial charge < -0.3 is 4.40 Å². The highest BCUT2D eigenvalue weighted by Crippen LogP contribution is 2.24. The minimum absolute atomic E-state index is 0.716. The molecule has 0 aliphatic carbocycles. The summed E-state index contributed by atoms with van der Waals surface area (Å²) < 4.78 is 3.83. The third-order valence-corrected chi connectivity index (χ3v) is 4.81. The van der Waals surface area contributed by atoms with Crippen molar-refractivity contribution in [3.63, 3.8) is 0 Å². The van der Waals surface area contributed by atoms with Crippen LogP contribution in [-0.2, 0) is 5.75 Å². The van der Waals surface area contributed by atoms with E-state index in [2.05, 4.69) is 52.1 Å². The molecule has 0 aliphatic rings. The van der Waals surface area contributed by atoms with Gasteiger partial charge in [0, 0.05) is 18.1 Å². The summed E-state index contributed by atoms with van der Waals surface area (Å²) in [6.07, 6.45) is 4.07. The van der Waals surface area contributed by atoms with Crippen molar-refractivity contribution in [3.05, 3.63) is 65.6 Å². The molecule has 7 heteroatoms. The van der Waals surface area contributed by atoms with Gasteiger partial charge in [-0.2, -0.15) is 4.68 Å². The van der Waals surface area contributed by atoms with E-state index >= 15 is 0 Å². The second-order valence-electron chi connectivity index (χ2n) is 5.60. The molecule has 0 unspecified atom stereocenters. The maximum Gasteiger partial charge on any atom is 0.214 e. The average Bonchev–Trinajstić information content (AvgIpc) is 3.20. The van der Waals surface area contributed by atoms with Crippen molar-refractivity contribution in [2.45, 2.75) is 24.8 Å². The minimum atomic E-state index is 0.716. The Bertz CT molecular complexity index is 1000. The van der Waals surface area contributed by atoms with Gasteiger partial charge in [-0.3, -0.25) is 0 Å². The van der Waals surface area contributed by atoms with E-state index < -0.39 is 0 Å². The molecule has 24 heavy (non-hydrogen) atoms. The fourth-order valence-electron chi connectivity index (χ4n) is 2.63. The number of aryl methyl sites for hydroxylation is 2. The Morgan fingerprint density at radius 3 is 2.71 bits per heavy atom. The van der Waals surface area contributed by atoms with Crippen molar-refractivity contribution in [2.24, 2.45) is 0 Å². The van der Waals surface area contributed by atoms with Crippen molar-refractivity contribution in [1.82, 2.24) is 29.6 Å². The summed E-state index contributed by atoms with van der Waals surface area (Å²) in [6, 6.07) is 12.2. The van der Waals surface area contributed by atoms with Crippen LogP contribution in [0.15, 0.2) is 53.9 Å². The molecular weight excluding hydrogens is 320 g/mol. The Kier molecular flexibility index (Phi) is 3.78. The second-order valence-corrected chi connectivity index (χ2v) is 6.55. The number of thioether (sulfide) groups is 1. The Hall–Kier alpha value is -2.67. The Morgan fingerprint density at radius 2 is 1.88 bits per heavy atom. The molecule has 0 bridgehead atoms. The summed E-state index contributed by atoms with van der Waals surface area (Å²) in [5, 5.41) is 12.9. The average molecular weight is 336 g/mol. The minimum Gasteiger partial charge on any atom is -0.307 e. The van der Waals surface area contributed by atoms with Crippen LogP contribution in [0.2, 0.25) is 0 Å². The topological polar surface area (TPSA) is 60.9 Å². The number of tetrazole rings is 1. The molecule has 4 rings (SSSR count). The monoisotopic (exact) mass is 336 g/mol. The van der Waals surface area contributed by atoms with Crippen LogP contribution < -0.4 is 0 Å². The molecule has 0 saturated heterocycles. The van der Waals surface area contributed by atoms with Crippen molar-refractivity contribution in [3.8, 4) is 5.69 Å². The summed E-state index contributed by atoms with van der Waals surface area (Å²) in [5.74, 6) is 0.716. The van der Waals surface area contributed by atoms with Crippen LogP contribution in [0, 0.1) is 13.8 Å². The maximum atomic E-state index is 4.70. The van der Waals surface area contributed by atoms with Crippen LogP contribution in [0.5, 0.6) is 0 Å². The molecule has 6 nitrogen and oxygen atoms in total. The van der Waals surface area contributed by atoms with Gasteiger partial charge in [0.15, 0.2) is 0 Å². The Balaban J connectivity index is 1.59. The van der Waals surface area contributed by atoms with Gasteiger partial charge in [-0.25, -0.2) is 4.98 Å². The van der Waals surface area contributed by atoms with Crippen LogP contribution in [0.25, 0.3) is 11.3 Å². The smallest absolute Gasteiger partial charge is 0.214 e. The molecule has 4 aromatic rings. The molecule has 0 aliphatic heterocycles. The van der Waals surface area contributed by atoms with E-state index in [1.54, 1.807) is 16.4 Å². The van der Waals surface area contributed by atoms with Gasteiger partial charge in [0.05, 0.1) is 11.4 Å². The van der Waals surface area contributed by atoms with Crippen LogP contribution in [0.4, 0.5) is 0 Å². The zero-order chi connectivity index (χ0) is 16.5. The number of imidazole rings is 1. The van der Waals surface area contributed by atoms with Crippen molar-refractivity contribution in [1.29, 1.82) is 0 Å². The SMILES string of the molecule is Cc1ccccc1-n1nnnc1SCc1cn2cccc(C)c2n1. The fourth-order valence-corrected chi connectivity index (χ4v) is 3.40. The van der Waals surface area contributed by atoms with Gasteiger partial charge >= 0.3 is 0 Å². The van der Waals surface area contributed by atoms with Gasteiger partial charge in [0.2, 0.25) is 5.16 Å². The molecule has 120 valence electrons. The van der Waals surface area contributed by atoms with E-state index in [1.807, 2.05) is 30.5 Å². The van der Waals surface area contributed by atoms with Gasteiger partial charge in [0.1, 0.15) is 5.65 Å². The molecular formula is C17H16N6S. The fraction of sp³-hybridized carbons (Fsp3) is 0.176. The lowest BCUT2D eigenvalue weighted by molar-refractivity contribution is 0.752. The third-order valence-electron chi connectivity index (χ3n) is 3.86. The number of rotatable bonds is 4. The number of fused-ring (bicyclic) bond motifs is 1. The third kappa shape index (κ3) is 2.67. The number of nitrogens with zero attached hydrogens (tertiary/aromatic N) is 6. The highest BCUT2D eigenvalue weighted by molar-refractivity contribution is 7.98. The Morgan fingerprint density at radius 1 is 1.04 bits per heavy atom. The molecule has 0 saturated carbocycles. The first-order valence-electron chi connectivity index (χ1n) is 7.63. The molecule has 0 spiro atoms. The predicted molar refractivity (Wildman–Crippen MR) is 93.4 cm³/mol. The number of hydrogen-bond donors (Lipinski definition) is 0. The van der Waals surface area contributed by atoms with E-state index in [-0.39, 0.29) is 0 Å². The highest BCUT2D eigenvalue weighted by Gasteiger charge is 2.12. The molecule has 1 aromatic carbocycles. The van der Waals surface area contributed by atoms with E-state index in [0.29, 0.717) is 5.75 Å². The molecule has 0 radical (unpaired) electrons. The van der Waals surface area contributed by atoms with Crippen LogP contribution in [0.1, 0.15) is 16.8 Å². The zero-order valence-corrected chi connectivity index (χ0v) is 14.2. The number of para-hydroxylation sites is 1. The van der Waals surface area contributed by atoms with Crippen molar-refractivity contribution >= 4 is 17.4 Å². The normalized spacial score (nSPS) is 11.2. The van der Waals surface area contributed by atoms with E-state index in [0.717, 1.165) is 27.7 Å². The second kappa shape index (κ2) is 6.09. The largest absolute Gasteiger partial charge is 0.307 e. The van der Waals surface area contributed by atoms with E-state index in [9.17, 15) is 0 Å². The predicted octanol–water partition coefficient (Wildman–Crippen LogP) is 3.22. The lowest BCUT2D eigenvalue weighted by Crippen LogP contribution is -2.01. The first-order valence-corrected chi connectivity index (χ1v) is 8.61. The van der Waals surface area contributed by atoms with Crippen LogP contribution in [0.3, 0.4) is 0 Å². The molecule has 0 N–H and O–H groups in total. The van der Waals surface area contributed by atoms with Gasteiger partial charge in [-0.1, -0.05) is 36.0 Å². The summed E-state index contributed by atoms with van der Waals surface area (Å²) >= 11 is 1.58. The number of benzene rings is 1. The quantitative estimate of drug-likeness (QED) is 0.536. The summed E-state index contributed by atoms with van der Waals surface area (Å²) in [4.78, 5) is 4.70. The maximum absolute atomic E-state index is 4.70. The van der Waals surface area contributed by atoms with Gasteiger partial charge in [-0.15, -0.1) is 5.10 Å². The van der Waals surface area contributed by atoms with E-state index in [4.69, 9.17) is 4.98 Å². The first kappa shape index (κ1) is 14.9.